The lowest BCUT2D eigenvalue weighted by atomic mass is 9.98. The van der Waals surface area contributed by atoms with Crippen molar-refractivity contribution >= 4 is 6.09 Å². The minimum Gasteiger partial charge on any atom is -0.444 e. The highest BCUT2D eigenvalue weighted by molar-refractivity contribution is 5.68. The van der Waals surface area contributed by atoms with Gasteiger partial charge in [-0.1, -0.05) is 30.3 Å². The van der Waals surface area contributed by atoms with E-state index in [9.17, 15) is 9.90 Å². The summed E-state index contributed by atoms with van der Waals surface area (Å²) in [6, 6.07) is 10.6. The Morgan fingerprint density at radius 2 is 1.78 bits per heavy atom. The average Bonchev–Trinajstić information content (AvgIpc) is 2.61. The molecular weight excluding hydrogens is 342 g/mol. The van der Waals surface area contributed by atoms with Crippen LogP contribution in [-0.2, 0) is 11.3 Å². The number of aliphatic hydroxyl groups excluding tert-OH is 1. The first-order valence-corrected chi connectivity index (χ1v) is 9.98. The second-order valence-corrected chi connectivity index (χ2v) is 8.65. The number of amides is 1. The molecule has 6 nitrogen and oxygen atoms in total. The van der Waals surface area contributed by atoms with Gasteiger partial charge in [0, 0.05) is 51.9 Å². The SMILES string of the molecule is CC(C)(C)OC(=O)N1CCN([C@@H]2CCN(Cc3ccccc3)C[C@@H]2O)CC1. The summed E-state index contributed by atoms with van der Waals surface area (Å²) < 4.78 is 5.46. The Morgan fingerprint density at radius 3 is 2.37 bits per heavy atom. The van der Waals surface area contributed by atoms with Crippen LogP contribution in [0.4, 0.5) is 4.79 Å². The van der Waals surface area contributed by atoms with Crippen molar-refractivity contribution in [2.24, 2.45) is 0 Å². The molecular formula is C21H33N3O3. The van der Waals surface area contributed by atoms with E-state index < -0.39 is 5.60 Å². The largest absolute Gasteiger partial charge is 0.444 e. The summed E-state index contributed by atoms with van der Waals surface area (Å²) in [5, 5.41) is 10.7. The second-order valence-electron chi connectivity index (χ2n) is 8.65. The number of carbonyl (C=O) groups is 1. The van der Waals surface area contributed by atoms with E-state index in [-0.39, 0.29) is 18.2 Å². The third kappa shape index (κ3) is 5.67. The van der Waals surface area contributed by atoms with Gasteiger partial charge in [-0.3, -0.25) is 9.80 Å². The fourth-order valence-electron chi connectivity index (χ4n) is 3.96. The summed E-state index contributed by atoms with van der Waals surface area (Å²) >= 11 is 0. The molecule has 0 bridgehead atoms. The highest BCUT2D eigenvalue weighted by Crippen LogP contribution is 2.21. The minimum absolute atomic E-state index is 0.179. The molecule has 2 saturated heterocycles. The monoisotopic (exact) mass is 375 g/mol. The highest BCUT2D eigenvalue weighted by Gasteiger charge is 2.35. The molecule has 0 aliphatic carbocycles. The number of ether oxygens (including phenoxy) is 1. The number of piperazine rings is 1. The first-order chi connectivity index (χ1) is 12.8. The van der Waals surface area contributed by atoms with Crippen molar-refractivity contribution in [1.82, 2.24) is 14.7 Å². The second kappa shape index (κ2) is 8.59. The molecule has 1 aromatic carbocycles. The van der Waals surface area contributed by atoms with Gasteiger partial charge in [0.1, 0.15) is 5.60 Å². The lowest BCUT2D eigenvalue weighted by Crippen LogP contribution is -2.59. The molecule has 2 fully saturated rings. The standard InChI is InChI=1S/C21H33N3O3/c1-21(2,3)27-20(26)24-13-11-23(12-14-24)18-9-10-22(16-19(18)25)15-17-7-5-4-6-8-17/h4-8,18-19,25H,9-16H2,1-3H3/t18-,19+/m1/s1. The van der Waals surface area contributed by atoms with E-state index in [1.807, 2.05) is 26.8 Å². The zero-order chi connectivity index (χ0) is 19.4. The summed E-state index contributed by atoms with van der Waals surface area (Å²) in [7, 11) is 0. The van der Waals surface area contributed by atoms with Crippen LogP contribution in [0.25, 0.3) is 0 Å². The lowest BCUT2D eigenvalue weighted by molar-refractivity contribution is -0.0354. The Hall–Kier alpha value is -1.63. The molecule has 0 spiro atoms. The van der Waals surface area contributed by atoms with Crippen LogP contribution >= 0.6 is 0 Å². The van der Waals surface area contributed by atoms with Crippen LogP contribution < -0.4 is 0 Å². The van der Waals surface area contributed by atoms with Crippen LogP contribution in [0.15, 0.2) is 30.3 Å². The quantitative estimate of drug-likeness (QED) is 0.878. The summed E-state index contributed by atoms with van der Waals surface area (Å²) in [5.74, 6) is 0. The molecule has 2 aliphatic rings. The number of benzene rings is 1. The molecule has 2 aliphatic heterocycles. The maximum absolute atomic E-state index is 12.2. The number of rotatable bonds is 3. The molecule has 6 heteroatoms. The zero-order valence-corrected chi connectivity index (χ0v) is 16.8. The van der Waals surface area contributed by atoms with Crippen LogP contribution in [0.3, 0.4) is 0 Å². The number of aliphatic hydroxyl groups is 1. The number of carbonyl (C=O) groups excluding carboxylic acids is 1. The van der Waals surface area contributed by atoms with Crippen LogP contribution in [0.1, 0.15) is 32.8 Å². The molecule has 0 radical (unpaired) electrons. The molecule has 1 N–H and O–H groups in total. The Labute approximate surface area is 162 Å². The van der Waals surface area contributed by atoms with Gasteiger partial charge in [0.2, 0.25) is 0 Å². The molecule has 2 atom stereocenters. The fraction of sp³-hybridized carbons (Fsp3) is 0.667. The molecule has 0 aromatic heterocycles. The third-order valence-electron chi connectivity index (χ3n) is 5.31. The summed E-state index contributed by atoms with van der Waals surface area (Å²) in [6.07, 6.45) is 0.372. The normalized spacial score (nSPS) is 25.4. The van der Waals surface area contributed by atoms with Gasteiger partial charge in [-0.05, 0) is 32.8 Å². The molecule has 1 amide bonds. The van der Waals surface area contributed by atoms with E-state index in [4.69, 9.17) is 4.74 Å². The van der Waals surface area contributed by atoms with Gasteiger partial charge in [0.25, 0.3) is 0 Å². The fourth-order valence-corrected chi connectivity index (χ4v) is 3.96. The van der Waals surface area contributed by atoms with Crippen molar-refractivity contribution in [3.8, 4) is 0 Å². The van der Waals surface area contributed by atoms with Crippen LogP contribution in [0, 0.1) is 0 Å². The molecule has 1 aromatic rings. The van der Waals surface area contributed by atoms with Gasteiger partial charge < -0.3 is 14.7 Å². The van der Waals surface area contributed by atoms with Gasteiger partial charge in [0.15, 0.2) is 0 Å². The number of likely N-dealkylation sites (tertiary alicyclic amines) is 1. The number of hydrogen-bond donors (Lipinski definition) is 1. The minimum atomic E-state index is -0.462. The topological polar surface area (TPSA) is 56.2 Å². The number of piperidine rings is 1. The Balaban J connectivity index is 1.46. The van der Waals surface area contributed by atoms with Gasteiger partial charge >= 0.3 is 6.09 Å². The highest BCUT2D eigenvalue weighted by atomic mass is 16.6. The summed E-state index contributed by atoms with van der Waals surface area (Å²) in [4.78, 5) is 18.6. The summed E-state index contributed by atoms with van der Waals surface area (Å²) in [6.45, 7) is 11.1. The Morgan fingerprint density at radius 1 is 1.11 bits per heavy atom. The zero-order valence-electron chi connectivity index (χ0n) is 16.8. The molecule has 0 unspecified atom stereocenters. The van der Waals surface area contributed by atoms with Crippen molar-refractivity contribution < 1.29 is 14.6 Å². The Kier molecular flexibility index (Phi) is 6.40. The first kappa shape index (κ1) is 20.1. The van der Waals surface area contributed by atoms with E-state index in [1.165, 1.54) is 5.56 Å². The average molecular weight is 376 g/mol. The maximum atomic E-state index is 12.2. The smallest absolute Gasteiger partial charge is 0.410 e. The predicted molar refractivity (Wildman–Crippen MR) is 106 cm³/mol. The molecule has 150 valence electrons. The molecule has 27 heavy (non-hydrogen) atoms. The van der Waals surface area contributed by atoms with E-state index in [2.05, 4.69) is 34.1 Å². The lowest BCUT2D eigenvalue weighted by Gasteiger charge is -2.45. The predicted octanol–water partition coefficient (Wildman–Crippen LogP) is 2.17. The molecule has 2 heterocycles. The van der Waals surface area contributed by atoms with Crippen LogP contribution in [0.2, 0.25) is 0 Å². The summed E-state index contributed by atoms with van der Waals surface area (Å²) in [5.41, 5.74) is 0.824. The van der Waals surface area contributed by atoms with Crippen LogP contribution in [0.5, 0.6) is 0 Å². The van der Waals surface area contributed by atoms with Crippen LogP contribution in [-0.4, -0.2) is 82.9 Å². The van der Waals surface area contributed by atoms with Gasteiger partial charge in [-0.2, -0.15) is 0 Å². The van der Waals surface area contributed by atoms with Crippen molar-refractivity contribution in [2.45, 2.75) is 51.5 Å². The maximum Gasteiger partial charge on any atom is 0.410 e. The van der Waals surface area contributed by atoms with Crippen molar-refractivity contribution in [2.75, 3.05) is 39.3 Å². The van der Waals surface area contributed by atoms with E-state index in [0.717, 1.165) is 32.6 Å². The van der Waals surface area contributed by atoms with Gasteiger partial charge in [-0.15, -0.1) is 0 Å². The van der Waals surface area contributed by atoms with Gasteiger partial charge in [0.05, 0.1) is 6.10 Å². The molecule has 3 rings (SSSR count). The van der Waals surface area contributed by atoms with E-state index in [0.29, 0.717) is 19.6 Å². The first-order valence-electron chi connectivity index (χ1n) is 9.98. The number of hydrogen-bond acceptors (Lipinski definition) is 5. The van der Waals surface area contributed by atoms with Gasteiger partial charge in [-0.25, -0.2) is 4.79 Å². The van der Waals surface area contributed by atoms with Crippen molar-refractivity contribution in [1.29, 1.82) is 0 Å². The van der Waals surface area contributed by atoms with E-state index >= 15 is 0 Å². The van der Waals surface area contributed by atoms with Crippen molar-refractivity contribution in [3.63, 3.8) is 0 Å². The number of nitrogens with zero attached hydrogens (tertiary/aromatic N) is 3. The molecule has 0 saturated carbocycles. The van der Waals surface area contributed by atoms with E-state index in [1.54, 1.807) is 4.90 Å². The third-order valence-corrected chi connectivity index (χ3v) is 5.31. The number of β-amino-alcohol motifs (C(OH)–C–C–N with tert-alkyl or cyclic N) is 1. The Bertz CT molecular complexity index is 609. The van der Waals surface area contributed by atoms with Crippen molar-refractivity contribution in [3.05, 3.63) is 35.9 Å².